The lowest BCUT2D eigenvalue weighted by Crippen LogP contribution is -2.33. The maximum atomic E-state index is 10.4. The molecule has 4 atom stereocenters. The van der Waals surface area contributed by atoms with Gasteiger partial charge in [0.2, 0.25) is 0 Å². The third-order valence-electron chi connectivity index (χ3n) is 4.61. The number of aromatic hydroxyl groups is 1. The number of benzene rings is 1. The molecule has 1 saturated heterocycles. The standard InChI is InChI=1S/C18H21N5O5/c1-9-20-16(22-10-3-5-11(24)6-4-10)13-17(21-9)23(8-19-13)18-15(26)14(25)12(28-18)7-27-2/h3-6,8,12,14-15,18,24-26H,7H2,1-2H3,(H,20,21,22)/t12-,14-,15-,18-/m1/s1. The summed E-state index contributed by atoms with van der Waals surface area (Å²) >= 11 is 0. The van der Waals surface area contributed by atoms with E-state index in [1.165, 1.54) is 13.4 Å². The van der Waals surface area contributed by atoms with E-state index >= 15 is 0 Å². The molecule has 1 aliphatic heterocycles. The maximum Gasteiger partial charge on any atom is 0.167 e. The van der Waals surface area contributed by atoms with Gasteiger partial charge in [0.05, 0.1) is 12.9 Å². The van der Waals surface area contributed by atoms with Crippen LogP contribution in [0.4, 0.5) is 11.5 Å². The second kappa shape index (κ2) is 7.32. The number of imidazole rings is 1. The highest BCUT2D eigenvalue weighted by Crippen LogP contribution is 2.33. The summed E-state index contributed by atoms with van der Waals surface area (Å²) in [5, 5.41) is 33.2. The maximum absolute atomic E-state index is 10.4. The van der Waals surface area contributed by atoms with Gasteiger partial charge in [0.15, 0.2) is 23.2 Å². The molecule has 1 aromatic carbocycles. The number of rotatable bonds is 5. The van der Waals surface area contributed by atoms with Crippen LogP contribution in [0, 0.1) is 6.92 Å². The molecule has 0 bridgehead atoms. The lowest BCUT2D eigenvalue weighted by atomic mass is 10.1. The number of hydrogen-bond acceptors (Lipinski definition) is 9. The number of phenols is 1. The highest BCUT2D eigenvalue weighted by Gasteiger charge is 2.44. The number of phenolic OH excluding ortho intramolecular Hbond substituents is 1. The molecule has 3 aromatic rings. The van der Waals surface area contributed by atoms with Gasteiger partial charge in [-0.15, -0.1) is 0 Å². The van der Waals surface area contributed by atoms with Crippen LogP contribution in [0.25, 0.3) is 11.2 Å². The molecule has 3 heterocycles. The van der Waals surface area contributed by atoms with Crippen molar-refractivity contribution in [3.63, 3.8) is 0 Å². The molecule has 10 nitrogen and oxygen atoms in total. The number of nitrogens with one attached hydrogen (secondary N) is 1. The number of aryl methyl sites for hydroxylation is 1. The molecule has 0 radical (unpaired) electrons. The van der Waals surface area contributed by atoms with Crippen LogP contribution in [-0.2, 0) is 9.47 Å². The lowest BCUT2D eigenvalue weighted by Gasteiger charge is -2.17. The molecular formula is C18H21N5O5. The number of aliphatic hydroxyl groups is 2. The summed E-state index contributed by atoms with van der Waals surface area (Å²) < 4.78 is 12.4. The van der Waals surface area contributed by atoms with E-state index in [0.29, 0.717) is 22.8 Å². The van der Waals surface area contributed by atoms with E-state index in [9.17, 15) is 15.3 Å². The summed E-state index contributed by atoms with van der Waals surface area (Å²) in [5.41, 5.74) is 1.67. The molecule has 0 unspecified atom stereocenters. The minimum absolute atomic E-state index is 0.156. The summed E-state index contributed by atoms with van der Waals surface area (Å²) in [4.78, 5) is 13.2. The van der Waals surface area contributed by atoms with Gasteiger partial charge < -0.3 is 30.1 Å². The van der Waals surface area contributed by atoms with E-state index in [4.69, 9.17) is 9.47 Å². The first-order valence-electron chi connectivity index (χ1n) is 8.75. The fraction of sp³-hybridized carbons (Fsp3) is 0.389. The van der Waals surface area contributed by atoms with Gasteiger partial charge in [0.1, 0.15) is 29.9 Å². The van der Waals surface area contributed by atoms with Crippen molar-refractivity contribution < 1.29 is 24.8 Å². The van der Waals surface area contributed by atoms with E-state index in [-0.39, 0.29) is 12.4 Å². The zero-order valence-corrected chi connectivity index (χ0v) is 15.4. The van der Waals surface area contributed by atoms with E-state index in [0.717, 1.165) is 5.69 Å². The smallest absolute Gasteiger partial charge is 0.167 e. The Bertz CT molecular complexity index is 976. The van der Waals surface area contributed by atoms with Crippen LogP contribution in [-0.4, -0.2) is 66.9 Å². The number of methoxy groups -OCH3 is 1. The van der Waals surface area contributed by atoms with Crippen LogP contribution in [0.5, 0.6) is 5.75 Å². The van der Waals surface area contributed by atoms with Crippen molar-refractivity contribution in [2.75, 3.05) is 19.0 Å². The van der Waals surface area contributed by atoms with E-state index in [2.05, 4.69) is 20.3 Å². The fourth-order valence-electron chi connectivity index (χ4n) is 3.24. The minimum atomic E-state index is -1.15. The molecular weight excluding hydrogens is 366 g/mol. The van der Waals surface area contributed by atoms with Gasteiger partial charge in [-0.05, 0) is 31.2 Å². The van der Waals surface area contributed by atoms with Crippen molar-refractivity contribution in [1.29, 1.82) is 0 Å². The van der Waals surface area contributed by atoms with Crippen LogP contribution in [0.15, 0.2) is 30.6 Å². The summed E-state index contributed by atoms with van der Waals surface area (Å²) in [6.07, 6.45) is -2.24. The van der Waals surface area contributed by atoms with Crippen molar-refractivity contribution in [3.8, 4) is 5.75 Å². The number of anilines is 2. The Morgan fingerprint density at radius 3 is 2.64 bits per heavy atom. The number of aliphatic hydroxyl groups excluding tert-OH is 2. The van der Waals surface area contributed by atoms with E-state index in [1.807, 2.05) is 0 Å². The van der Waals surface area contributed by atoms with Gasteiger partial charge >= 0.3 is 0 Å². The molecule has 0 amide bonds. The van der Waals surface area contributed by atoms with Gasteiger partial charge in [-0.25, -0.2) is 15.0 Å². The highest BCUT2D eigenvalue weighted by molar-refractivity contribution is 5.85. The summed E-state index contributed by atoms with van der Waals surface area (Å²) in [7, 11) is 1.50. The van der Waals surface area contributed by atoms with E-state index in [1.54, 1.807) is 35.8 Å². The van der Waals surface area contributed by atoms with Gasteiger partial charge in [-0.3, -0.25) is 4.57 Å². The molecule has 1 fully saturated rings. The van der Waals surface area contributed by atoms with Gasteiger partial charge in [-0.2, -0.15) is 0 Å². The molecule has 28 heavy (non-hydrogen) atoms. The zero-order valence-electron chi connectivity index (χ0n) is 15.4. The fourth-order valence-corrected chi connectivity index (χ4v) is 3.24. The first-order chi connectivity index (χ1) is 13.5. The average molecular weight is 387 g/mol. The Kier molecular flexibility index (Phi) is 4.85. The number of nitrogens with zero attached hydrogens (tertiary/aromatic N) is 4. The predicted molar refractivity (Wildman–Crippen MR) is 99.2 cm³/mol. The van der Waals surface area contributed by atoms with Crippen molar-refractivity contribution in [2.24, 2.45) is 0 Å². The number of ether oxygens (including phenoxy) is 2. The Labute approximate surface area is 160 Å². The summed E-state index contributed by atoms with van der Waals surface area (Å²) in [6, 6.07) is 6.55. The largest absolute Gasteiger partial charge is 0.508 e. The van der Waals surface area contributed by atoms with Crippen LogP contribution in [0.2, 0.25) is 0 Å². The van der Waals surface area contributed by atoms with Crippen LogP contribution in [0.3, 0.4) is 0 Å². The third kappa shape index (κ3) is 3.27. The number of aromatic nitrogens is 4. The molecule has 4 rings (SSSR count). The molecule has 0 saturated carbocycles. The monoisotopic (exact) mass is 387 g/mol. The van der Waals surface area contributed by atoms with Crippen molar-refractivity contribution in [2.45, 2.75) is 31.5 Å². The highest BCUT2D eigenvalue weighted by atomic mass is 16.6. The molecule has 148 valence electrons. The first kappa shape index (κ1) is 18.6. The topological polar surface area (TPSA) is 135 Å². The molecule has 4 N–H and O–H groups in total. The second-order valence-electron chi connectivity index (χ2n) is 6.62. The zero-order chi connectivity index (χ0) is 19.8. The molecule has 1 aliphatic rings. The SMILES string of the molecule is COC[C@H]1O[C@@H](n2cnc3c(Nc4ccc(O)cc4)nc(C)nc32)[C@H](O)[C@@H]1O. The molecule has 2 aromatic heterocycles. The van der Waals surface area contributed by atoms with Gasteiger partial charge in [0, 0.05) is 12.8 Å². The average Bonchev–Trinajstić information content (AvgIpc) is 3.20. The summed E-state index contributed by atoms with van der Waals surface area (Å²) in [6.45, 7) is 1.90. The number of fused-ring (bicyclic) bond motifs is 1. The van der Waals surface area contributed by atoms with Crippen LogP contribution in [0.1, 0.15) is 12.1 Å². The molecule has 0 spiro atoms. The van der Waals surface area contributed by atoms with E-state index < -0.39 is 24.5 Å². The van der Waals surface area contributed by atoms with Crippen LogP contribution >= 0.6 is 0 Å². The molecule has 10 heteroatoms. The van der Waals surface area contributed by atoms with Gasteiger partial charge in [0.25, 0.3) is 0 Å². The predicted octanol–water partition coefficient (Wildman–Crippen LogP) is 0.850. The Hall–Kier alpha value is -2.79. The first-order valence-corrected chi connectivity index (χ1v) is 8.75. The van der Waals surface area contributed by atoms with Crippen molar-refractivity contribution in [3.05, 3.63) is 36.4 Å². The van der Waals surface area contributed by atoms with Crippen molar-refractivity contribution in [1.82, 2.24) is 19.5 Å². The Morgan fingerprint density at radius 2 is 1.93 bits per heavy atom. The minimum Gasteiger partial charge on any atom is -0.508 e. The van der Waals surface area contributed by atoms with Crippen molar-refractivity contribution >= 4 is 22.7 Å². The molecule has 0 aliphatic carbocycles. The Morgan fingerprint density at radius 1 is 1.18 bits per heavy atom. The number of hydrogen-bond donors (Lipinski definition) is 4. The second-order valence-corrected chi connectivity index (χ2v) is 6.62. The van der Waals surface area contributed by atoms with Crippen LogP contribution < -0.4 is 5.32 Å². The summed E-state index contributed by atoms with van der Waals surface area (Å²) in [5.74, 6) is 1.14. The lowest BCUT2D eigenvalue weighted by molar-refractivity contribution is -0.0580. The Balaban J connectivity index is 1.70. The quantitative estimate of drug-likeness (QED) is 0.470. The van der Waals surface area contributed by atoms with Gasteiger partial charge in [-0.1, -0.05) is 0 Å². The normalized spacial score (nSPS) is 24.7. The third-order valence-corrected chi connectivity index (χ3v) is 4.61.